The lowest BCUT2D eigenvalue weighted by atomic mass is 9.85. The third-order valence-corrected chi connectivity index (χ3v) is 4.91. The summed E-state index contributed by atoms with van der Waals surface area (Å²) < 4.78 is 6.21. The van der Waals surface area contributed by atoms with Crippen molar-refractivity contribution in [1.82, 2.24) is 10.2 Å². The van der Waals surface area contributed by atoms with Gasteiger partial charge in [-0.1, -0.05) is 0 Å². The summed E-state index contributed by atoms with van der Waals surface area (Å²) in [5.41, 5.74) is 0.220. The molecule has 3 heterocycles. The van der Waals surface area contributed by atoms with E-state index in [2.05, 4.69) is 10.2 Å². The van der Waals surface area contributed by atoms with E-state index in [1.54, 1.807) is 0 Å². The number of nitrogens with zero attached hydrogens (tertiary/aromatic N) is 1. The SMILES string of the molecule is C1CN(C2CC2)CC2(C[C@H]3CC[C@@H](C2)N3)O1. The van der Waals surface area contributed by atoms with Crippen LogP contribution in [0.5, 0.6) is 0 Å². The van der Waals surface area contributed by atoms with Crippen LogP contribution in [0.3, 0.4) is 0 Å². The Morgan fingerprint density at radius 1 is 1.06 bits per heavy atom. The van der Waals surface area contributed by atoms with Gasteiger partial charge in [0.05, 0.1) is 12.2 Å². The van der Waals surface area contributed by atoms with E-state index in [9.17, 15) is 0 Å². The normalized spacial score (nSPS) is 48.8. The number of rotatable bonds is 1. The van der Waals surface area contributed by atoms with Crippen molar-refractivity contribution in [3.8, 4) is 0 Å². The van der Waals surface area contributed by atoms with Gasteiger partial charge in [0.25, 0.3) is 0 Å². The molecule has 3 nitrogen and oxygen atoms in total. The summed E-state index contributed by atoms with van der Waals surface area (Å²) in [6.45, 7) is 3.36. The second-order valence-corrected chi connectivity index (χ2v) is 6.28. The zero-order chi connectivity index (χ0) is 10.6. The maximum absolute atomic E-state index is 6.21. The van der Waals surface area contributed by atoms with Crippen molar-refractivity contribution in [3.63, 3.8) is 0 Å². The van der Waals surface area contributed by atoms with E-state index in [0.717, 1.165) is 24.7 Å². The van der Waals surface area contributed by atoms with Crippen LogP contribution in [-0.4, -0.2) is 48.3 Å². The minimum absolute atomic E-state index is 0.220. The Morgan fingerprint density at radius 2 is 1.81 bits per heavy atom. The van der Waals surface area contributed by atoms with Crippen molar-refractivity contribution in [3.05, 3.63) is 0 Å². The van der Waals surface area contributed by atoms with Gasteiger partial charge in [0.2, 0.25) is 0 Å². The molecule has 16 heavy (non-hydrogen) atoms. The topological polar surface area (TPSA) is 24.5 Å². The van der Waals surface area contributed by atoms with Gasteiger partial charge in [0.15, 0.2) is 0 Å². The molecule has 4 aliphatic rings. The summed E-state index contributed by atoms with van der Waals surface area (Å²) in [4.78, 5) is 2.70. The highest BCUT2D eigenvalue weighted by molar-refractivity contribution is 5.04. The molecule has 0 aromatic carbocycles. The van der Waals surface area contributed by atoms with Crippen molar-refractivity contribution >= 4 is 0 Å². The molecule has 1 aliphatic carbocycles. The van der Waals surface area contributed by atoms with Gasteiger partial charge in [0.1, 0.15) is 0 Å². The highest BCUT2D eigenvalue weighted by atomic mass is 16.5. The number of ether oxygens (including phenoxy) is 1. The standard InChI is InChI=1S/C13H22N2O/c1-2-11-8-13(7-10(1)14-11)9-15(5-6-16-13)12-3-4-12/h10-12,14H,1-9H2/t10-,11+,13?. The second-order valence-electron chi connectivity index (χ2n) is 6.28. The van der Waals surface area contributed by atoms with Crippen LogP contribution in [0.4, 0.5) is 0 Å². The average molecular weight is 222 g/mol. The molecule has 3 atom stereocenters. The summed E-state index contributed by atoms with van der Waals surface area (Å²) in [6, 6.07) is 2.41. The van der Waals surface area contributed by atoms with Crippen molar-refractivity contribution in [1.29, 1.82) is 0 Å². The van der Waals surface area contributed by atoms with Crippen LogP contribution in [-0.2, 0) is 4.74 Å². The number of hydrogen-bond donors (Lipinski definition) is 1. The van der Waals surface area contributed by atoms with Gasteiger partial charge < -0.3 is 10.1 Å². The Morgan fingerprint density at radius 3 is 2.50 bits per heavy atom. The van der Waals surface area contributed by atoms with Gasteiger partial charge >= 0.3 is 0 Å². The summed E-state index contributed by atoms with van der Waals surface area (Å²) >= 11 is 0. The number of morpholine rings is 1. The minimum atomic E-state index is 0.220. The third-order valence-electron chi connectivity index (χ3n) is 4.91. The van der Waals surface area contributed by atoms with Gasteiger partial charge in [-0.3, -0.25) is 4.90 Å². The predicted octanol–water partition coefficient (Wildman–Crippen LogP) is 1.13. The molecule has 90 valence electrons. The fraction of sp³-hybridized carbons (Fsp3) is 1.00. The molecule has 3 saturated heterocycles. The Hall–Kier alpha value is -0.120. The maximum Gasteiger partial charge on any atom is 0.0839 e. The first-order valence-electron chi connectivity index (χ1n) is 6.97. The van der Waals surface area contributed by atoms with Crippen LogP contribution >= 0.6 is 0 Å². The molecule has 1 saturated carbocycles. The Kier molecular flexibility index (Phi) is 2.12. The molecule has 4 rings (SSSR count). The largest absolute Gasteiger partial charge is 0.372 e. The van der Waals surface area contributed by atoms with Gasteiger partial charge in [-0.2, -0.15) is 0 Å². The number of fused-ring (bicyclic) bond motifs is 2. The van der Waals surface area contributed by atoms with E-state index in [-0.39, 0.29) is 5.60 Å². The van der Waals surface area contributed by atoms with Crippen LogP contribution in [0.15, 0.2) is 0 Å². The highest BCUT2D eigenvalue weighted by Crippen LogP contribution is 2.40. The van der Waals surface area contributed by atoms with E-state index >= 15 is 0 Å². The van der Waals surface area contributed by atoms with Crippen molar-refractivity contribution in [2.45, 2.75) is 62.3 Å². The minimum Gasteiger partial charge on any atom is -0.372 e. The monoisotopic (exact) mass is 222 g/mol. The molecule has 3 aliphatic heterocycles. The zero-order valence-electron chi connectivity index (χ0n) is 9.95. The first-order valence-corrected chi connectivity index (χ1v) is 6.97. The Bertz CT molecular complexity index is 278. The molecule has 0 amide bonds. The molecule has 1 unspecified atom stereocenters. The molecule has 1 spiro atoms. The molecule has 2 bridgehead atoms. The lowest BCUT2D eigenvalue weighted by molar-refractivity contribution is -0.133. The molecular formula is C13H22N2O. The smallest absolute Gasteiger partial charge is 0.0839 e. The van der Waals surface area contributed by atoms with E-state index in [1.165, 1.54) is 51.6 Å². The summed E-state index contributed by atoms with van der Waals surface area (Å²) in [5, 5.41) is 3.72. The summed E-state index contributed by atoms with van der Waals surface area (Å²) in [5.74, 6) is 0. The molecule has 3 heteroatoms. The molecule has 1 N–H and O–H groups in total. The van der Waals surface area contributed by atoms with Crippen LogP contribution in [0.25, 0.3) is 0 Å². The third kappa shape index (κ3) is 1.60. The number of hydrogen-bond acceptors (Lipinski definition) is 3. The van der Waals surface area contributed by atoms with Crippen LogP contribution < -0.4 is 5.32 Å². The van der Waals surface area contributed by atoms with Gasteiger partial charge in [0, 0.05) is 31.2 Å². The summed E-state index contributed by atoms with van der Waals surface area (Å²) in [6.07, 6.45) is 8.13. The average Bonchev–Trinajstić information content (AvgIpc) is 3.05. The van der Waals surface area contributed by atoms with Gasteiger partial charge in [-0.05, 0) is 38.5 Å². The molecule has 4 fully saturated rings. The van der Waals surface area contributed by atoms with Crippen LogP contribution in [0.2, 0.25) is 0 Å². The summed E-state index contributed by atoms with van der Waals surface area (Å²) in [7, 11) is 0. The molecular weight excluding hydrogens is 200 g/mol. The Balaban J connectivity index is 1.51. The lowest BCUT2D eigenvalue weighted by Crippen LogP contribution is -2.59. The fourth-order valence-electron chi connectivity index (χ4n) is 4.08. The van der Waals surface area contributed by atoms with Gasteiger partial charge in [-0.25, -0.2) is 0 Å². The van der Waals surface area contributed by atoms with E-state index in [4.69, 9.17) is 4.74 Å². The van der Waals surface area contributed by atoms with E-state index < -0.39 is 0 Å². The maximum atomic E-state index is 6.21. The highest BCUT2D eigenvalue weighted by Gasteiger charge is 2.48. The first-order chi connectivity index (χ1) is 7.83. The molecule has 0 aromatic heterocycles. The number of piperidine rings is 1. The van der Waals surface area contributed by atoms with Crippen molar-refractivity contribution in [2.75, 3.05) is 19.7 Å². The predicted molar refractivity (Wildman–Crippen MR) is 62.5 cm³/mol. The Labute approximate surface area is 97.5 Å². The molecule has 0 aromatic rings. The fourth-order valence-corrected chi connectivity index (χ4v) is 4.08. The zero-order valence-corrected chi connectivity index (χ0v) is 9.95. The van der Waals surface area contributed by atoms with Gasteiger partial charge in [-0.15, -0.1) is 0 Å². The first kappa shape index (κ1) is 9.86. The molecule has 0 radical (unpaired) electrons. The number of nitrogens with one attached hydrogen (secondary N) is 1. The van der Waals surface area contributed by atoms with Crippen molar-refractivity contribution in [2.24, 2.45) is 0 Å². The van der Waals surface area contributed by atoms with E-state index in [0.29, 0.717) is 0 Å². The lowest BCUT2D eigenvalue weighted by Gasteiger charge is -2.47. The van der Waals surface area contributed by atoms with Crippen LogP contribution in [0, 0.1) is 0 Å². The van der Waals surface area contributed by atoms with E-state index in [1.807, 2.05) is 0 Å². The quantitative estimate of drug-likeness (QED) is 0.720. The second kappa shape index (κ2) is 3.44. The van der Waals surface area contributed by atoms with Crippen LogP contribution in [0.1, 0.15) is 38.5 Å². The van der Waals surface area contributed by atoms with Crippen molar-refractivity contribution < 1.29 is 4.74 Å².